The molecule has 0 aliphatic carbocycles. The summed E-state index contributed by atoms with van der Waals surface area (Å²) < 4.78 is 2.23. The van der Waals surface area contributed by atoms with Crippen LogP contribution in [0.4, 0.5) is 0 Å². The molecule has 0 aromatic carbocycles. The van der Waals surface area contributed by atoms with Crippen molar-refractivity contribution in [3.8, 4) is 0 Å². The van der Waals surface area contributed by atoms with Crippen molar-refractivity contribution >= 4 is 0 Å². The van der Waals surface area contributed by atoms with Crippen LogP contribution in [0.1, 0.15) is 38.5 Å². The van der Waals surface area contributed by atoms with Crippen molar-refractivity contribution in [2.45, 2.75) is 38.5 Å². The molecule has 0 atom stereocenters. The molecule has 0 N–H and O–H groups in total. The summed E-state index contributed by atoms with van der Waals surface area (Å²) in [7, 11) is 13.7. The van der Waals surface area contributed by atoms with E-state index in [0.717, 1.165) is 8.97 Å². The average Bonchev–Trinajstić information content (AvgIpc) is 2.06. The standard InChI is InChI=1S/C14H34N2.HI/c1-15(2,3)13-11-9-7-8-10-12-14-16(4,5)6;/h7-14H2,1-6H3;1H/q+2;/p-1. The zero-order valence-electron chi connectivity index (χ0n) is 12.9. The van der Waals surface area contributed by atoms with Crippen LogP contribution in [-0.2, 0) is 0 Å². The third kappa shape index (κ3) is 19.2. The molecular formula is C14H34IN2+. The van der Waals surface area contributed by atoms with Crippen LogP contribution in [0.2, 0.25) is 0 Å². The lowest BCUT2D eigenvalue weighted by Gasteiger charge is -2.24. The Balaban J connectivity index is 0. The molecule has 0 aromatic rings. The van der Waals surface area contributed by atoms with E-state index in [9.17, 15) is 0 Å². The van der Waals surface area contributed by atoms with Crippen LogP contribution >= 0.6 is 0 Å². The second-order valence-electron chi connectivity index (χ2n) is 7.15. The molecule has 0 aliphatic rings. The van der Waals surface area contributed by atoms with Crippen LogP contribution in [0.15, 0.2) is 0 Å². The van der Waals surface area contributed by atoms with E-state index in [1.807, 2.05) is 0 Å². The molecule has 17 heavy (non-hydrogen) atoms. The monoisotopic (exact) mass is 357 g/mol. The molecule has 0 saturated carbocycles. The predicted molar refractivity (Wildman–Crippen MR) is 73.5 cm³/mol. The number of rotatable bonds is 9. The Hall–Kier alpha value is 0.650. The molecule has 0 bridgehead atoms. The lowest BCUT2D eigenvalue weighted by Crippen LogP contribution is -3.00. The molecule has 0 heterocycles. The van der Waals surface area contributed by atoms with Crippen molar-refractivity contribution in [2.75, 3.05) is 55.4 Å². The van der Waals surface area contributed by atoms with E-state index in [1.54, 1.807) is 0 Å². The molecule has 0 unspecified atom stereocenters. The zero-order chi connectivity index (χ0) is 12.7. The summed E-state index contributed by atoms with van der Waals surface area (Å²) in [4.78, 5) is 0. The average molecular weight is 357 g/mol. The molecular weight excluding hydrogens is 323 g/mol. The summed E-state index contributed by atoms with van der Waals surface area (Å²) in [6.07, 6.45) is 8.46. The topological polar surface area (TPSA) is 0 Å². The third-order valence-electron chi connectivity index (χ3n) is 2.91. The first-order chi connectivity index (χ1) is 7.21. The largest absolute Gasteiger partial charge is 1.00 e. The first kappa shape index (κ1) is 20.0. The molecule has 0 amide bonds. The highest BCUT2D eigenvalue weighted by atomic mass is 127. The highest BCUT2D eigenvalue weighted by molar-refractivity contribution is 4.45. The van der Waals surface area contributed by atoms with Gasteiger partial charge in [-0.1, -0.05) is 12.8 Å². The number of quaternary nitrogens is 2. The van der Waals surface area contributed by atoms with Crippen LogP contribution in [0.5, 0.6) is 0 Å². The van der Waals surface area contributed by atoms with Gasteiger partial charge in [-0.25, -0.2) is 0 Å². The molecule has 0 aromatic heterocycles. The summed E-state index contributed by atoms with van der Waals surface area (Å²) in [6, 6.07) is 0. The first-order valence-corrected chi connectivity index (χ1v) is 6.82. The van der Waals surface area contributed by atoms with E-state index in [2.05, 4.69) is 42.3 Å². The highest BCUT2D eigenvalue weighted by Crippen LogP contribution is 2.08. The van der Waals surface area contributed by atoms with Gasteiger partial charge in [0.15, 0.2) is 0 Å². The molecule has 106 valence electrons. The molecule has 0 rings (SSSR count). The van der Waals surface area contributed by atoms with Crippen molar-refractivity contribution in [3.63, 3.8) is 0 Å². The van der Waals surface area contributed by atoms with Crippen molar-refractivity contribution < 1.29 is 32.9 Å². The van der Waals surface area contributed by atoms with Gasteiger partial charge in [-0.3, -0.25) is 0 Å². The van der Waals surface area contributed by atoms with Crippen molar-refractivity contribution in [3.05, 3.63) is 0 Å². The fraction of sp³-hybridized carbons (Fsp3) is 1.00. The Bertz CT molecular complexity index is 148. The molecule has 0 fully saturated rings. The van der Waals surface area contributed by atoms with Gasteiger partial charge in [0.1, 0.15) is 0 Å². The van der Waals surface area contributed by atoms with Crippen molar-refractivity contribution in [1.82, 2.24) is 0 Å². The quantitative estimate of drug-likeness (QED) is 0.303. The lowest BCUT2D eigenvalue weighted by molar-refractivity contribution is -0.870. The molecule has 0 saturated heterocycles. The van der Waals surface area contributed by atoms with Gasteiger partial charge in [-0.2, -0.15) is 0 Å². The smallest absolute Gasteiger partial charge is 0.0780 e. The maximum atomic E-state index is 2.28. The fourth-order valence-electron chi connectivity index (χ4n) is 1.88. The molecule has 0 radical (unpaired) electrons. The van der Waals surface area contributed by atoms with Gasteiger partial charge in [0.05, 0.1) is 55.4 Å². The number of hydrogen-bond acceptors (Lipinski definition) is 0. The van der Waals surface area contributed by atoms with E-state index < -0.39 is 0 Å². The Morgan fingerprint density at radius 1 is 0.471 bits per heavy atom. The molecule has 3 heteroatoms. The second-order valence-corrected chi connectivity index (χ2v) is 7.15. The van der Waals surface area contributed by atoms with Gasteiger partial charge in [0.2, 0.25) is 0 Å². The van der Waals surface area contributed by atoms with Gasteiger partial charge in [0, 0.05) is 0 Å². The Kier molecular flexibility index (Phi) is 11.2. The van der Waals surface area contributed by atoms with E-state index in [1.165, 1.54) is 51.6 Å². The maximum absolute atomic E-state index is 2.28. The predicted octanol–water partition coefficient (Wildman–Crippen LogP) is -0.257. The SMILES string of the molecule is C[N+](C)(C)CCCCCCCC[N+](C)(C)C.[I-]. The number of unbranched alkanes of at least 4 members (excludes halogenated alkanes) is 5. The van der Waals surface area contributed by atoms with Gasteiger partial charge < -0.3 is 32.9 Å². The number of hydrogen-bond donors (Lipinski definition) is 0. The van der Waals surface area contributed by atoms with Crippen LogP contribution in [-0.4, -0.2) is 64.3 Å². The number of halogens is 1. The Morgan fingerprint density at radius 3 is 0.941 bits per heavy atom. The highest BCUT2D eigenvalue weighted by Gasteiger charge is 2.06. The van der Waals surface area contributed by atoms with Crippen LogP contribution in [0, 0.1) is 0 Å². The summed E-state index contributed by atoms with van der Waals surface area (Å²) >= 11 is 0. The van der Waals surface area contributed by atoms with E-state index in [-0.39, 0.29) is 24.0 Å². The Morgan fingerprint density at radius 2 is 0.706 bits per heavy atom. The van der Waals surface area contributed by atoms with Crippen LogP contribution in [0.3, 0.4) is 0 Å². The van der Waals surface area contributed by atoms with Gasteiger partial charge in [-0.15, -0.1) is 0 Å². The zero-order valence-corrected chi connectivity index (χ0v) is 15.1. The molecule has 0 aliphatic heterocycles. The van der Waals surface area contributed by atoms with E-state index in [4.69, 9.17) is 0 Å². The fourth-order valence-corrected chi connectivity index (χ4v) is 1.88. The van der Waals surface area contributed by atoms with E-state index >= 15 is 0 Å². The first-order valence-electron chi connectivity index (χ1n) is 6.82. The van der Waals surface area contributed by atoms with Crippen LogP contribution in [0.25, 0.3) is 0 Å². The van der Waals surface area contributed by atoms with Crippen molar-refractivity contribution in [1.29, 1.82) is 0 Å². The van der Waals surface area contributed by atoms with Crippen molar-refractivity contribution in [2.24, 2.45) is 0 Å². The minimum atomic E-state index is 0. The number of nitrogens with zero attached hydrogens (tertiary/aromatic N) is 2. The normalized spacial score (nSPS) is 12.4. The van der Waals surface area contributed by atoms with Gasteiger partial charge >= 0.3 is 0 Å². The van der Waals surface area contributed by atoms with E-state index in [0.29, 0.717) is 0 Å². The van der Waals surface area contributed by atoms with Crippen LogP contribution < -0.4 is 24.0 Å². The maximum Gasteiger partial charge on any atom is 0.0780 e. The second kappa shape index (κ2) is 9.56. The summed E-state index contributed by atoms with van der Waals surface area (Å²) in [5.41, 5.74) is 0. The van der Waals surface area contributed by atoms with Gasteiger partial charge in [-0.05, 0) is 25.7 Å². The summed E-state index contributed by atoms with van der Waals surface area (Å²) in [5.74, 6) is 0. The minimum absolute atomic E-state index is 0. The molecule has 0 spiro atoms. The summed E-state index contributed by atoms with van der Waals surface area (Å²) in [6.45, 7) is 2.64. The minimum Gasteiger partial charge on any atom is -1.00 e. The lowest BCUT2D eigenvalue weighted by atomic mass is 10.1. The Labute approximate surface area is 127 Å². The van der Waals surface area contributed by atoms with Gasteiger partial charge in [0.25, 0.3) is 0 Å². The summed E-state index contributed by atoms with van der Waals surface area (Å²) in [5, 5.41) is 0. The molecule has 2 nitrogen and oxygen atoms in total. The third-order valence-corrected chi connectivity index (χ3v) is 2.91.